The Morgan fingerprint density at radius 2 is 1.58 bits per heavy atom. The lowest BCUT2D eigenvalue weighted by Gasteiger charge is -2.15. The molecule has 0 amide bonds. The summed E-state index contributed by atoms with van der Waals surface area (Å²) in [5.74, 6) is -2.93. The molecule has 0 unspecified atom stereocenters. The molecule has 0 aliphatic heterocycles. The second-order valence-electron chi connectivity index (χ2n) is 5.18. The highest BCUT2D eigenvalue weighted by Gasteiger charge is 2.19. The molecule has 126 valence electrons. The average molecular weight is 347 g/mol. The Balaban J connectivity index is 2.50. The molecular weight excluding hydrogens is 334 g/mol. The van der Waals surface area contributed by atoms with Gasteiger partial charge >= 0.3 is 0 Å². The molecule has 1 N–H and O–H groups in total. The van der Waals surface area contributed by atoms with Crippen LogP contribution in [0.25, 0.3) is 0 Å². The normalized spacial score (nSPS) is 11.1. The summed E-state index contributed by atoms with van der Waals surface area (Å²) in [5.41, 5.74) is 0.422. The van der Waals surface area contributed by atoms with Gasteiger partial charge in [0.2, 0.25) is 0 Å². The van der Waals surface area contributed by atoms with Gasteiger partial charge in [-0.25, -0.2) is 8.42 Å². The van der Waals surface area contributed by atoms with Crippen LogP contribution in [0.1, 0.15) is 31.8 Å². The Bertz CT molecular complexity index is 934. The van der Waals surface area contributed by atoms with E-state index in [1.54, 1.807) is 13.8 Å². The topological polar surface area (TPSA) is 126 Å². The van der Waals surface area contributed by atoms with Gasteiger partial charge in [0, 0.05) is 5.69 Å². The first-order chi connectivity index (χ1) is 11.1. The van der Waals surface area contributed by atoms with Crippen molar-refractivity contribution in [3.8, 4) is 0 Å². The lowest BCUT2D eigenvalue weighted by molar-refractivity contribution is -0.256. The number of carboxylic acids is 2. The standard InChI is InChI=1S/C16H15NO6S/c1-9-6-12(16(20)21)8-14(10(9)2)24(22,23)17-13-5-3-4-11(7-13)15(18)19/h3-8,17H,1-2H3,(H,18,19)(H,20,21)/p-2. The van der Waals surface area contributed by atoms with Crippen LogP contribution < -0.4 is 14.9 Å². The maximum atomic E-state index is 12.5. The molecule has 0 atom stereocenters. The molecule has 0 aliphatic carbocycles. The molecule has 2 aromatic carbocycles. The number of benzene rings is 2. The lowest BCUT2D eigenvalue weighted by atomic mass is 10.1. The second kappa shape index (κ2) is 6.32. The van der Waals surface area contributed by atoms with Gasteiger partial charge in [0.25, 0.3) is 10.0 Å². The molecule has 0 aromatic heterocycles. The Kier molecular flexibility index (Phi) is 4.61. The minimum absolute atomic E-state index is 0.0209. The van der Waals surface area contributed by atoms with Crippen molar-refractivity contribution in [1.29, 1.82) is 0 Å². The van der Waals surface area contributed by atoms with E-state index in [9.17, 15) is 28.2 Å². The molecule has 24 heavy (non-hydrogen) atoms. The first-order valence-electron chi connectivity index (χ1n) is 6.78. The number of nitrogens with one attached hydrogen (secondary N) is 1. The van der Waals surface area contributed by atoms with Gasteiger partial charge in [-0.1, -0.05) is 12.1 Å². The molecule has 8 heteroatoms. The lowest BCUT2D eigenvalue weighted by Crippen LogP contribution is -2.24. The number of anilines is 1. The maximum absolute atomic E-state index is 12.5. The fourth-order valence-electron chi connectivity index (χ4n) is 2.14. The average Bonchev–Trinajstić information content (AvgIpc) is 2.49. The van der Waals surface area contributed by atoms with Crippen LogP contribution in [0.15, 0.2) is 41.3 Å². The Morgan fingerprint density at radius 1 is 0.958 bits per heavy atom. The van der Waals surface area contributed by atoms with Crippen molar-refractivity contribution in [2.24, 2.45) is 0 Å². The van der Waals surface area contributed by atoms with E-state index >= 15 is 0 Å². The summed E-state index contributed by atoms with van der Waals surface area (Å²) in [6, 6.07) is 7.42. The molecule has 0 spiro atoms. The number of carbonyl (C=O) groups excluding carboxylic acids is 2. The van der Waals surface area contributed by atoms with E-state index < -0.39 is 22.0 Å². The van der Waals surface area contributed by atoms with Gasteiger partial charge in [-0.2, -0.15) is 0 Å². The van der Waals surface area contributed by atoms with Gasteiger partial charge in [0.1, 0.15) is 0 Å². The van der Waals surface area contributed by atoms with Gasteiger partial charge in [-0.05, 0) is 60.4 Å². The van der Waals surface area contributed by atoms with E-state index in [0.717, 1.165) is 12.1 Å². The number of rotatable bonds is 5. The largest absolute Gasteiger partial charge is 0.545 e. The van der Waals surface area contributed by atoms with E-state index in [4.69, 9.17) is 0 Å². The zero-order valence-corrected chi connectivity index (χ0v) is 13.6. The zero-order valence-electron chi connectivity index (χ0n) is 12.8. The molecule has 0 radical (unpaired) electrons. The van der Waals surface area contributed by atoms with Crippen molar-refractivity contribution in [1.82, 2.24) is 0 Å². The van der Waals surface area contributed by atoms with Crippen molar-refractivity contribution >= 4 is 27.6 Å². The van der Waals surface area contributed by atoms with Crippen LogP contribution >= 0.6 is 0 Å². The van der Waals surface area contributed by atoms with Crippen molar-refractivity contribution < 1.29 is 28.2 Å². The van der Waals surface area contributed by atoms with Crippen LogP contribution in [-0.4, -0.2) is 20.4 Å². The smallest absolute Gasteiger partial charge is 0.262 e. The van der Waals surface area contributed by atoms with Crippen LogP contribution in [0, 0.1) is 13.8 Å². The van der Waals surface area contributed by atoms with E-state index in [0.29, 0.717) is 11.1 Å². The third-order valence-corrected chi connectivity index (χ3v) is 5.00. The van der Waals surface area contributed by atoms with Crippen molar-refractivity contribution in [2.45, 2.75) is 18.7 Å². The third-order valence-electron chi connectivity index (χ3n) is 3.50. The molecule has 0 bridgehead atoms. The molecule has 2 rings (SSSR count). The van der Waals surface area contributed by atoms with Gasteiger partial charge in [0.05, 0.1) is 16.8 Å². The molecule has 7 nitrogen and oxygen atoms in total. The number of aromatic carboxylic acids is 2. The Labute approximate surface area is 138 Å². The highest BCUT2D eigenvalue weighted by atomic mass is 32.2. The molecule has 0 saturated carbocycles. The first-order valence-corrected chi connectivity index (χ1v) is 8.27. The Morgan fingerprint density at radius 3 is 2.17 bits per heavy atom. The number of sulfonamides is 1. The zero-order chi connectivity index (χ0) is 18.1. The maximum Gasteiger partial charge on any atom is 0.262 e. The van der Waals surface area contributed by atoms with E-state index in [1.807, 2.05) is 0 Å². The third kappa shape index (κ3) is 3.54. The molecule has 0 heterocycles. The van der Waals surface area contributed by atoms with Crippen LogP contribution in [-0.2, 0) is 10.0 Å². The quantitative estimate of drug-likeness (QED) is 0.800. The monoisotopic (exact) mass is 347 g/mol. The summed E-state index contributed by atoms with van der Waals surface area (Å²) in [4.78, 5) is 21.6. The second-order valence-corrected chi connectivity index (χ2v) is 6.83. The minimum Gasteiger partial charge on any atom is -0.545 e. The highest BCUT2D eigenvalue weighted by molar-refractivity contribution is 7.92. The summed E-state index contributed by atoms with van der Waals surface area (Å²) < 4.78 is 27.3. The van der Waals surface area contributed by atoms with Crippen molar-refractivity contribution in [3.63, 3.8) is 0 Å². The van der Waals surface area contributed by atoms with Gasteiger partial charge in [0.15, 0.2) is 0 Å². The summed E-state index contributed by atoms with van der Waals surface area (Å²) in [6.07, 6.45) is 0. The number of carbonyl (C=O) groups is 2. The minimum atomic E-state index is -4.12. The summed E-state index contributed by atoms with van der Waals surface area (Å²) in [6.45, 7) is 3.12. The number of aryl methyl sites for hydroxylation is 1. The predicted molar refractivity (Wildman–Crippen MR) is 81.8 cm³/mol. The van der Waals surface area contributed by atoms with Crippen LogP contribution in [0.4, 0.5) is 5.69 Å². The molecular formula is C16H13NO6S-2. The molecule has 0 fully saturated rings. The summed E-state index contributed by atoms with van der Waals surface area (Å²) in [5, 5.41) is 21.9. The van der Waals surface area contributed by atoms with Gasteiger partial charge in [-0.15, -0.1) is 0 Å². The summed E-state index contributed by atoms with van der Waals surface area (Å²) >= 11 is 0. The van der Waals surface area contributed by atoms with Crippen molar-refractivity contribution in [3.05, 3.63) is 58.7 Å². The van der Waals surface area contributed by atoms with E-state index in [-0.39, 0.29) is 21.7 Å². The van der Waals surface area contributed by atoms with Crippen LogP contribution in [0.2, 0.25) is 0 Å². The number of hydrogen-bond acceptors (Lipinski definition) is 6. The van der Waals surface area contributed by atoms with Gasteiger partial charge in [-0.3, -0.25) is 4.72 Å². The first kappa shape index (κ1) is 17.5. The summed E-state index contributed by atoms with van der Waals surface area (Å²) in [7, 11) is -4.12. The Hall–Kier alpha value is -2.87. The van der Waals surface area contributed by atoms with E-state index in [1.165, 1.54) is 24.3 Å². The highest BCUT2D eigenvalue weighted by Crippen LogP contribution is 2.24. The predicted octanol–water partition coefficient (Wildman–Crippen LogP) is -0.169. The van der Waals surface area contributed by atoms with Crippen LogP contribution in [0.5, 0.6) is 0 Å². The molecule has 0 aliphatic rings. The molecule has 2 aromatic rings. The number of hydrogen-bond donors (Lipinski definition) is 1. The van der Waals surface area contributed by atoms with Gasteiger partial charge < -0.3 is 19.8 Å². The number of carboxylic acid groups (broad SMARTS) is 2. The van der Waals surface area contributed by atoms with Crippen molar-refractivity contribution in [2.75, 3.05) is 4.72 Å². The fraction of sp³-hybridized carbons (Fsp3) is 0.125. The molecule has 0 saturated heterocycles. The SMILES string of the molecule is Cc1cc(C(=O)[O-])cc(S(=O)(=O)Nc2cccc(C(=O)[O-])c2)c1C. The fourth-order valence-corrected chi connectivity index (χ4v) is 3.54. The van der Waals surface area contributed by atoms with Crippen LogP contribution in [0.3, 0.4) is 0 Å². The van der Waals surface area contributed by atoms with E-state index in [2.05, 4.69) is 4.72 Å².